The second-order valence-electron chi connectivity index (χ2n) is 10.4. The minimum Gasteiger partial charge on any atom is -0.443 e. The van der Waals surface area contributed by atoms with Crippen molar-refractivity contribution in [2.24, 2.45) is 11.7 Å². The smallest absolute Gasteiger partial charge is 0.410 e. The molecule has 2 N–H and O–H groups in total. The number of allylic oxidation sites excluding steroid dienone is 1. The third-order valence-corrected chi connectivity index (χ3v) is 7.73. The van der Waals surface area contributed by atoms with Gasteiger partial charge in [-0.05, 0) is 47.0 Å². The highest BCUT2D eigenvalue weighted by molar-refractivity contribution is 5.81. The molecule has 7 atom stereocenters. The Kier molecular flexibility index (Phi) is 6.79. The van der Waals surface area contributed by atoms with E-state index < -0.39 is 6.04 Å². The summed E-state index contributed by atoms with van der Waals surface area (Å²) in [5.74, 6) is -0.0923. The lowest BCUT2D eigenvalue weighted by Crippen LogP contribution is -2.57. The number of epoxide rings is 2. The van der Waals surface area contributed by atoms with Crippen LogP contribution in [0, 0.1) is 5.92 Å². The number of nitrogens with zero attached hydrogens (tertiary/aromatic N) is 2. The van der Waals surface area contributed by atoms with Crippen molar-refractivity contribution in [2.75, 3.05) is 39.9 Å². The Bertz CT molecular complexity index is 785. The van der Waals surface area contributed by atoms with Gasteiger partial charge in [0, 0.05) is 33.3 Å². The average molecular weight is 466 g/mol. The molecule has 3 saturated heterocycles. The molecule has 0 radical (unpaired) electrons. The molecule has 4 rings (SSSR count). The Balaban J connectivity index is 1.39. The van der Waals surface area contributed by atoms with Crippen LogP contribution in [0.15, 0.2) is 11.6 Å². The van der Waals surface area contributed by atoms with Crippen molar-refractivity contribution in [2.45, 2.75) is 82.5 Å². The summed E-state index contributed by atoms with van der Waals surface area (Å²) in [5, 5.41) is 0. The van der Waals surface area contributed by atoms with E-state index in [4.69, 9.17) is 24.7 Å². The number of methoxy groups -OCH3 is 1. The SMILES string of the molecule is CO[C@@H]1[C@H](OC(=O)N2CCN(C(=O)[C@H](C)N)CC2)CC[C@]2(CO2)[C@H]1[C@@]1(C)O[C@@H]1CC=C(C)C. The first-order valence-electron chi connectivity index (χ1n) is 12.1. The largest absolute Gasteiger partial charge is 0.443 e. The van der Waals surface area contributed by atoms with E-state index in [1.54, 1.807) is 23.8 Å². The first-order chi connectivity index (χ1) is 15.6. The van der Waals surface area contributed by atoms with Crippen LogP contribution in [0.4, 0.5) is 4.79 Å². The molecule has 1 saturated carbocycles. The monoisotopic (exact) mass is 465 g/mol. The molecule has 2 amide bonds. The maximum atomic E-state index is 13.0. The normalized spacial score (nSPS) is 38.6. The van der Waals surface area contributed by atoms with Crippen LogP contribution in [0.5, 0.6) is 0 Å². The molecule has 186 valence electrons. The zero-order valence-corrected chi connectivity index (χ0v) is 20.5. The average Bonchev–Trinajstić information content (AvgIpc) is 3.70. The summed E-state index contributed by atoms with van der Waals surface area (Å²) in [6.45, 7) is 10.5. The number of amides is 2. The Morgan fingerprint density at radius 2 is 1.85 bits per heavy atom. The summed E-state index contributed by atoms with van der Waals surface area (Å²) in [6, 6.07) is -0.534. The van der Waals surface area contributed by atoms with Gasteiger partial charge in [-0.1, -0.05) is 11.6 Å². The lowest BCUT2D eigenvalue weighted by molar-refractivity contribution is -0.134. The Labute approximate surface area is 196 Å². The van der Waals surface area contributed by atoms with Crippen molar-refractivity contribution in [1.82, 2.24) is 9.80 Å². The molecule has 0 bridgehead atoms. The summed E-state index contributed by atoms with van der Waals surface area (Å²) in [7, 11) is 1.68. The van der Waals surface area contributed by atoms with Crippen LogP contribution in [0.2, 0.25) is 0 Å². The van der Waals surface area contributed by atoms with Crippen molar-refractivity contribution in [3.8, 4) is 0 Å². The summed E-state index contributed by atoms with van der Waals surface area (Å²) >= 11 is 0. The van der Waals surface area contributed by atoms with E-state index in [-0.39, 0.29) is 47.4 Å². The molecule has 0 aromatic rings. The number of piperazine rings is 1. The Hall–Kier alpha value is -1.68. The van der Waals surface area contributed by atoms with Gasteiger partial charge < -0.3 is 34.5 Å². The first-order valence-corrected chi connectivity index (χ1v) is 12.1. The Morgan fingerprint density at radius 3 is 2.39 bits per heavy atom. The van der Waals surface area contributed by atoms with Gasteiger partial charge in [0.25, 0.3) is 0 Å². The molecule has 3 heterocycles. The topological polar surface area (TPSA) is 110 Å². The van der Waals surface area contributed by atoms with Gasteiger partial charge >= 0.3 is 6.09 Å². The van der Waals surface area contributed by atoms with Crippen LogP contribution in [0.25, 0.3) is 0 Å². The molecule has 4 aliphatic rings. The molecule has 1 aliphatic carbocycles. The number of hydrogen-bond donors (Lipinski definition) is 1. The zero-order valence-electron chi connectivity index (χ0n) is 20.5. The molecule has 9 nitrogen and oxygen atoms in total. The highest BCUT2D eigenvalue weighted by Crippen LogP contribution is 2.59. The third kappa shape index (κ3) is 4.78. The van der Waals surface area contributed by atoms with E-state index in [9.17, 15) is 9.59 Å². The van der Waals surface area contributed by atoms with Gasteiger partial charge in [0.05, 0.1) is 24.7 Å². The molecular formula is C24H39N3O6. The number of carbonyl (C=O) groups excluding carboxylic acids is 2. The maximum absolute atomic E-state index is 13.0. The van der Waals surface area contributed by atoms with Crippen LogP contribution in [0.1, 0.15) is 47.0 Å². The minimum atomic E-state index is -0.534. The van der Waals surface area contributed by atoms with Crippen LogP contribution in [0.3, 0.4) is 0 Å². The standard InChI is InChI=1S/C24H39N3O6/c1-15(2)6-7-18-23(4,33-18)20-19(30-5)17(8-9-24(20)14-31-24)32-22(29)27-12-10-26(11-13-27)21(28)16(3)25/h6,16-20H,7-14,25H2,1-5H3/t16-,17+,18+,19+,20+,23-,24-/m0/s1. The Morgan fingerprint density at radius 1 is 1.21 bits per heavy atom. The van der Waals surface area contributed by atoms with Crippen LogP contribution >= 0.6 is 0 Å². The number of hydrogen-bond acceptors (Lipinski definition) is 7. The second kappa shape index (κ2) is 9.17. The highest BCUT2D eigenvalue weighted by Gasteiger charge is 2.72. The molecule has 0 unspecified atom stereocenters. The van der Waals surface area contributed by atoms with Gasteiger partial charge in [-0.25, -0.2) is 4.79 Å². The van der Waals surface area contributed by atoms with Crippen LogP contribution in [-0.4, -0.2) is 97.3 Å². The third-order valence-electron chi connectivity index (χ3n) is 7.73. The van der Waals surface area contributed by atoms with Crippen molar-refractivity contribution >= 4 is 12.0 Å². The summed E-state index contributed by atoms with van der Waals surface area (Å²) in [5.41, 5.74) is 6.37. The molecule has 4 fully saturated rings. The second-order valence-corrected chi connectivity index (χ2v) is 10.4. The predicted molar refractivity (Wildman–Crippen MR) is 122 cm³/mol. The lowest BCUT2D eigenvalue weighted by atomic mass is 9.68. The van der Waals surface area contributed by atoms with E-state index in [2.05, 4.69) is 26.8 Å². The van der Waals surface area contributed by atoms with E-state index in [1.165, 1.54) is 5.57 Å². The quantitative estimate of drug-likeness (QED) is 0.469. The van der Waals surface area contributed by atoms with Crippen molar-refractivity contribution in [1.29, 1.82) is 0 Å². The van der Waals surface area contributed by atoms with E-state index >= 15 is 0 Å². The molecular weight excluding hydrogens is 426 g/mol. The summed E-state index contributed by atoms with van der Waals surface area (Å²) in [6.07, 6.45) is 3.67. The number of nitrogens with two attached hydrogens (primary N) is 1. The van der Waals surface area contributed by atoms with Gasteiger partial charge in [0.1, 0.15) is 23.4 Å². The van der Waals surface area contributed by atoms with Gasteiger partial charge in [-0.2, -0.15) is 0 Å². The number of rotatable bonds is 6. The van der Waals surface area contributed by atoms with Crippen molar-refractivity contribution in [3.63, 3.8) is 0 Å². The summed E-state index contributed by atoms with van der Waals surface area (Å²) < 4.78 is 24.1. The fraction of sp³-hybridized carbons (Fsp3) is 0.833. The van der Waals surface area contributed by atoms with E-state index in [1.807, 2.05) is 0 Å². The predicted octanol–water partition coefficient (Wildman–Crippen LogP) is 1.69. The molecule has 3 aliphatic heterocycles. The summed E-state index contributed by atoms with van der Waals surface area (Å²) in [4.78, 5) is 28.5. The molecule has 0 aromatic carbocycles. The number of ether oxygens (including phenoxy) is 4. The van der Waals surface area contributed by atoms with Crippen LogP contribution in [-0.2, 0) is 23.7 Å². The highest BCUT2D eigenvalue weighted by atomic mass is 16.6. The lowest BCUT2D eigenvalue weighted by Gasteiger charge is -2.43. The first kappa shape index (κ1) is 24.4. The molecule has 33 heavy (non-hydrogen) atoms. The van der Waals surface area contributed by atoms with Gasteiger partial charge in [0.2, 0.25) is 5.91 Å². The molecule has 9 heteroatoms. The maximum Gasteiger partial charge on any atom is 0.410 e. The van der Waals surface area contributed by atoms with Crippen molar-refractivity contribution < 1.29 is 28.5 Å². The van der Waals surface area contributed by atoms with Crippen LogP contribution < -0.4 is 5.73 Å². The van der Waals surface area contributed by atoms with Crippen molar-refractivity contribution in [3.05, 3.63) is 11.6 Å². The van der Waals surface area contributed by atoms with E-state index in [0.29, 0.717) is 39.2 Å². The number of carbonyl (C=O) groups is 2. The zero-order chi connectivity index (χ0) is 24.0. The fourth-order valence-corrected chi connectivity index (χ4v) is 5.67. The van der Waals surface area contributed by atoms with Gasteiger partial charge in [0.15, 0.2) is 0 Å². The van der Waals surface area contributed by atoms with E-state index in [0.717, 1.165) is 12.8 Å². The fourth-order valence-electron chi connectivity index (χ4n) is 5.67. The van der Waals surface area contributed by atoms with Gasteiger partial charge in [-0.3, -0.25) is 4.79 Å². The molecule has 1 spiro atoms. The minimum absolute atomic E-state index is 0.00220. The van der Waals surface area contributed by atoms with Gasteiger partial charge in [-0.15, -0.1) is 0 Å². The molecule has 0 aromatic heterocycles.